The first-order chi connectivity index (χ1) is 9.17. The summed E-state index contributed by atoms with van der Waals surface area (Å²) in [5.74, 6) is 0.784. The summed E-state index contributed by atoms with van der Waals surface area (Å²) in [6.45, 7) is 4.08. The second-order valence-electron chi connectivity index (χ2n) is 4.66. The highest BCUT2D eigenvalue weighted by Gasteiger charge is 2.11. The molecule has 2 rings (SSSR count). The molecule has 102 valence electrons. The van der Waals surface area contributed by atoms with Crippen LogP contribution in [-0.2, 0) is 6.42 Å². The van der Waals surface area contributed by atoms with Crippen LogP contribution in [0.4, 0.5) is 0 Å². The Kier molecular flexibility index (Phi) is 4.10. The van der Waals surface area contributed by atoms with Gasteiger partial charge in [-0.2, -0.15) is 0 Å². The minimum absolute atomic E-state index is 0.0520. The lowest BCUT2D eigenvalue weighted by molar-refractivity contribution is 0.414. The smallest absolute Gasteiger partial charge is 0.274 e. The standard InChI is InChI=1S/C15H20N2O2/c1-4-5-6-14-11(2)16-17(15(14)18)12-7-9-13(19-3)10-8-12/h7-10,16H,4-6H2,1-3H3. The third-order valence-electron chi connectivity index (χ3n) is 3.30. The topological polar surface area (TPSA) is 47.0 Å². The number of aryl methyl sites for hydroxylation is 1. The largest absolute Gasteiger partial charge is 0.497 e. The minimum Gasteiger partial charge on any atom is -0.497 e. The van der Waals surface area contributed by atoms with E-state index in [4.69, 9.17) is 4.74 Å². The zero-order valence-corrected chi connectivity index (χ0v) is 11.7. The van der Waals surface area contributed by atoms with Crippen molar-refractivity contribution in [3.63, 3.8) is 0 Å². The van der Waals surface area contributed by atoms with E-state index in [1.165, 1.54) is 0 Å². The van der Waals surface area contributed by atoms with Crippen molar-refractivity contribution in [2.45, 2.75) is 33.1 Å². The van der Waals surface area contributed by atoms with Crippen molar-refractivity contribution in [3.8, 4) is 11.4 Å². The molecule has 19 heavy (non-hydrogen) atoms. The molecule has 0 spiro atoms. The van der Waals surface area contributed by atoms with Crippen LogP contribution in [0.5, 0.6) is 5.75 Å². The molecule has 0 aliphatic heterocycles. The number of hydrogen-bond acceptors (Lipinski definition) is 2. The van der Waals surface area contributed by atoms with Crippen molar-refractivity contribution < 1.29 is 4.74 Å². The summed E-state index contributed by atoms with van der Waals surface area (Å²) in [5, 5.41) is 3.14. The fourth-order valence-electron chi connectivity index (χ4n) is 2.14. The monoisotopic (exact) mass is 260 g/mol. The molecule has 4 nitrogen and oxygen atoms in total. The molecule has 1 N–H and O–H groups in total. The summed E-state index contributed by atoms with van der Waals surface area (Å²) >= 11 is 0. The molecule has 0 aliphatic rings. The third-order valence-corrected chi connectivity index (χ3v) is 3.30. The van der Waals surface area contributed by atoms with E-state index in [1.807, 2.05) is 31.2 Å². The molecule has 0 saturated heterocycles. The van der Waals surface area contributed by atoms with Gasteiger partial charge in [0.25, 0.3) is 5.56 Å². The summed E-state index contributed by atoms with van der Waals surface area (Å²) in [4.78, 5) is 12.4. The van der Waals surface area contributed by atoms with Crippen LogP contribution in [0.2, 0.25) is 0 Å². The van der Waals surface area contributed by atoms with Crippen molar-refractivity contribution in [1.29, 1.82) is 0 Å². The van der Waals surface area contributed by atoms with Crippen LogP contribution >= 0.6 is 0 Å². The van der Waals surface area contributed by atoms with E-state index in [1.54, 1.807) is 11.8 Å². The Labute approximate surface area is 113 Å². The van der Waals surface area contributed by atoms with Crippen molar-refractivity contribution in [2.75, 3.05) is 7.11 Å². The summed E-state index contributed by atoms with van der Waals surface area (Å²) in [7, 11) is 1.63. The molecule has 0 bridgehead atoms. The van der Waals surface area contributed by atoms with E-state index >= 15 is 0 Å². The molecule has 0 radical (unpaired) electrons. The zero-order valence-electron chi connectivity index (χ0n) is 11.7. The van der Waals surface area contributed by atoms with Crippen LogP contribution in [0.25, 0.3) is 5.69 Å². The van der Waals surface area contributed by atoms with Crippen LogP contribution in [-0.4, -0.2) is 16.9 Å². The summed E-state index contributed by atoms with van der Waals surface area (Å²) in [6, 6.07) is 7.45. The number of hydrogen-bond donors (Lipinski definition) is 1. The van der Waals surface area contributed by atoms with Crippen molar-refractivity contribution in [2.24, 2.45) is 0 Å². The van der Waals surface area contributed by atoms with Gasteiger partial charge in [-0.1, -0.05) is 13.3 Å². The highest BCUT2D eigenvalue weighted by atomic mass is 16.5. The van der Waals surface area contributed by atoms with Gasteiger partial charge in [0.15, 0.2) is 0 Å². The number of nitrogens with zero attached hydrogens (tertiary/aromatic N) is 1. The number of benzene rings is 1. The van der Waals surface area contributed by atoms with E-state index < -0.39 is 0 Å². The Hall–Kier alpha value is -1.97. The molecular weight excluding hydrogens is 240 g/mol. The van der Waals surface area contributed by atoms with Gasteiger partial charge in [-0.15, -0.1) is 0 Å². The number of methoxy groups -OCH3 is 1. The summed E-state index contributed by atoms with van der Waals surface area (Å²) in [5.41, 5.74) is 2.72. The lowest BCUT2D eigenvalue weighted by Gasteiger charge is -2.03. The molecule has 4 heteroatoms. The Morgan fingerprint density at radius 1 is 1.26 bits per heavy atom. The number of ether oxygens (including phenoxy) is 1. The average molecular weight is 260 g/mol. The van der Waals surface area contributed by atoms with E-state index in [0.717, 1.165) is 42.0 Å². The van der Waals surface area contributed by atoms with Crippen LogP contribution in [0.1, 0.15) is 31.0 Å². The van der Waals surface area contributed by atoms with Gasteiger partial charge in [-0.3, -0.25) is 9.89 Å². The molecule has 1 aromatic heterocycles. The van der Waals surface area contributed by atoms with E-state index in [0.29, 0.717) is 0 Å². The number of aromatic nitrogens is 2. The van der Waals surface area contributed by atoms with Gasteiger partial charge in [-0.05, 0) is 44.0 Å². The van der Waals surface area contributed by atoms with Gasteiger partial charge in [0, 0.05) is 11.3 Å². The van der Waals surface area contributed by atoms with Crippen LogP contribution in [0.3, 0.4) is 0 Å². The van der Waals surface area contributed by atoms with Gasteiger partial charge < -0.3 is 4.74 Å². The molecule has 2 aromatic rings. The number of rotatable bonds is 5. The van der Waals surface area contributed by atoms with Crippen molar-refractivity contribution in [1.82, 2.24) is 9.78 Å². The Morgan fingerprint density at radius 3 is 2.53 bits per heavy atom. The Bertz CT molecular complexity index is 594. The molecule has 0 atom stereocenters. The molecule has 0 aliphatic carbocycles. The number of unbranched alkanes of at least 4 members (excludes halogenated alkanes) is 1. The lowest BCUT2D eigenvalue weighted by atomic mass is 10.1. The number of aromatic amines is 1. The molecule has 0 amide bonds. The van der Waals surface area contributed by atoms with Crippen molar-refractivity contribution >= 4 is 0 Å². The van der Waals surface area contributed by atoms with Crippen molar-refractivity contribution in [3.05, 3.63) is 45.9 Å². The fraction of sp³-hybridized carbons (Fsp3) is 0.400. The fourth-order valence-corrected chi connectivity index (χ4v) is 2.14. The highest BCUT2D eigenvalue weighted by Crippen LogP contribution is 2.14. The maximum Gasteiger partial charge on any atom is 0.274 e. The van der Waals surface area contributed by atoms with Crippen LogP contribution in [0, 0.1) is 6.92 Å². The maximum absolute atomic E-state index is 12.4. The first-order valence-corrected chi connectivity index (χ1v) is 6.62. The average Bonchev–Trinajstić information content (AvgIpc) is 2.72. The summed E-state index contributed by atoms with van der Waals surface area (Å²) in [6.07, 6.45) is 2.96. The SMILES string of the molecule is CCCCc1c(C)[nH]n(-c2ccc(OC)cc2)c1=O. The van der Waals surface area contributed by atoms with E-state index in [2.05, 4.69) is 12.0 Å². The van der Waals surface area contributed by atoms with E-state index in [-0.39, 0.29) is 5.56 Å². The zero-order chi connectivity index (χ0) is 13.8. The third kappa shape index (κ3) is 2.72. The second-order valence-corrected chi connectivity index (χ2v) is 4.66. The number of H-pyrrole nitrogens is 1. The minimum atomic E-state index is 0.0520. The van der Waals surface area contributed by atoms with E-state index in [9.17, 15) is 4.79 Å². The van der Waals surface area contributed by atoms with Crippen LogP contribution < -0.4 is 10.3 Å². The molecule has 0 saturated carbocycles. The molecule has 1 heterocycles. The predicted octanol–water partition coefficient (Wildman–Crippen LogP) is 2.83. The molecule has 1 aromatic carbocycles. The van der Waals surface area contributed by atoms with Gasteiger partial charge in [-0.25, -0.2) is 4.68 Å². The highest BCUT2D eigenvalue weighted by molar-refractivity contribution is 5.37. The lowest BCUT2D eigenvalue weighted by Crippen LogP contribution is -2.17. The maximum atomic E-state index is 12.4. The van der Waals surface area contributed by atoms with Crippen LogP contribution in [0.15, 0.2) is 29.1 Å². The van der Waals surface area contributed by atoms with Gasteiger partial charge in [0.05, 0.1) is 12.8 Å². The van der Waals surface area contributed by atoms with Gasteiger partial charge >= 0.3 is 0 Å². The second kappa shape index (κ2) is 5.78. The first kappa shape index (κ1) is 13.5. The molecule has 0 unspecified atom stereocenters. The quantitative estimate of drug-likeness (QED) is 0.898. The van der Waals surface area contributed by atoms with Gasteiger partial charge in [0.2, 0.25) is 0 Å². The predicted molar refractivity (Wildman–Crippen MR) is 76.3 cm³/mol. The summed E-state index contributed by atoms with van der Waals surface area (Å²) < 4.78 is 6.72. The number of nitrogens with one attached hydrogen (secondary N) is 1. The Morgan fingerprint density at radius 2 is 1.95 bits per heavy atom. The Balaban J connectivity index is 2.36. The van der Waals surface area contributed by atoms with Gasteiger partial charge in [0.1, 0.15) is 5.75 Å². The normalized spacial score (nSPS) is 10.7. The molecule has 0 fully saturated rings. The molecular formula is C15H20N2O2. The first-order valence-electron chi connectivity index (χ1n) is 6.62.